The summed E-state index contributed by atoms with van der Waals surface area (Å²) in [6.45, 7) is 10.4. The first-order valence-electron chi connectivity index (χ1n) is 9.16. The number of hydrogen-bond donors (Lipinski definition) is 0. The van der Waals surface area contributed by atoms with Crippen molar-refractivity contribution in [2.45, 2.75) is 65.2 Å². The largest absolute Gasteiger partial charge is 0.458 e. The molecule has 0 radical (unpaired) electrons. The fourth-order valence-corrected chi connectivity index (χ4v) is 2.80. The number of rotatable bonds is 2. The van der Waals surface area contributed by atoms with Gasteiger partial charge in [-0.2, -0.15) is 0 Å². The Morgan fingerprint density at radius 2 is 1.64 bits per heavy atom. The van der Waals surface area contributed by atoms with Crippen LogP contribution in [-0.4, -0.2) is 40.8 Å². The topological polar surface area (TPSA) is 55.8 Å². The summed E-state index contributed by atoms with van der Waals surface area (Å²) >= 11 is 0. The molecule has 0 fully saturated rings. The average Bonchev–Trinajstić information content (AvgIpc) is 2.53. The number of nitrogens with zero attached hydrogens (tertiary/aromatic N) is 1. The lowest BCUT2D eigenvalue weighted by molar-refractivity contribution is -0.159. The number of carbonyl (C=O) groups is 2. The van der Waals surface area contributed by atoms with E-state index in [2.05, 4.69) is 0 Å². The summed E-state index contributed by atoms with van der Waals surface area (Å²) in [6.07, 6.45) is 1.02. The smallest absolute Gasteiger partial charge is 0.411 e. The Morgan fingerprint density at radius 3 is 2.21 bits per heavy atom. The minimum Gasteiger partial charge on any atom is -0.458 e. The van der Waals surface area contributed by atoms with Gasteiger partial charge in [-0.25, -0.2) is 18.4 Å². The molecule has 0 saturated carbocycles. The number of esters is 1. The van der Waals surface area contributed by atoms with Crippen molar-refractivity contribution in [2.75, 3.05) is 6.54 Å². The van der Waals surface area contributed by atoms with Crippen LogP contribution in [0.4, 0.5) is 13.6 Å². The molecule has 1 aromatic rings. The third-order valence-electron chi connectivity index (χ3n) is 3.89. The molecule has 0 bridgehead atoms. The molecule has 0 saturated heterocycles. The van der Waals surface area contributed by atoms with Crippen LogP contribution in [0.25, 0.3) is 5.57 Å². The lowest BCUT2D eigenvalue weighted by atomic mass is 9.95. The molecule has 5 nitrogen and oxygen atoms in total. The Morgan fingerprint density at radius 1 is 1.04 bits per heavy atom. The van der Waals surface area contributed by atoms with Crippen molar-refractivity contribution in [3.8, 4) is 0 Å². The van der Waals surface area contributed by atoms with E-state index in [9.17, 15) is 18.4 Å². The standard InChI is InChI=1S/C21H27F2NO4/c1-20(2,3)27-18(25)16-12-13(14-8-7-9-15(22)17(14)23)10-11-24(16)19(26)28-21(4,5)6/h7-9,12,16H,10-11H2,1-6H3/t16-/m1/s1. The molecule has 1 atom stereocenters. The molecule has 0 unspecified atom stereocenters. The molecule has 1 amide bonds. The molecule has 0 aliphatic carbocycles. The SMILES string of the molecule is CC(C)(C)OC(=O)[C@H]1C=C(c2cccc(F)c2F)CCN1C(=O)OC(C)(C)C. The van der Waals surface area contributed by atoms with Crippen molar-refractivity contribution in [3.63, 3.8) is 0 Å². The average molecular weight is 395 g/mol. The summed E-state index contributed by atoms with van der Waals surface area (Å²) in [6, 6.07) is 2.78. The van der Waals surface area contributed by atoms with Gasteiger partial charge in [0.05, 0.1) is 0 Å². The van der Waals surface area contributed by atoms with Crippen LogP contribution in [0.1, 0.15) is 53.5 Å². The molecule has 1 aromatic carbocycles. The van der Waals surface area contributed by atoms with Crippen LogP contribution in [-0.2, 0) is 14.3 Å². The van der Waals surface area contributed by atoms with Gasteiger partial charge in [0.15, 0.2) is 17.7 Å². The summed E-state index contributed by atoms with van der Waals surface area (Å²) in [7, 11) is 0. The Kier molecular flexibility index (Phi) is 6.16. The highest BCUT2D eigenvalue weighted by atomic mass is 19.2. The van der Waals surface area contributed by atoms with Gasteiger partial charge in [-0.05, 0) is 65.7 Å². The highest BCUT2D eigenvalue weighted by Crippen LogP contribution is 2.30. The summed E-state index contributed by atoms with van der Waals surface area (Å²) < 4.78 is 38.7. The molecule has 7 heteroatoms. The van der Waals surface area contributed by atoms with Gasteiger partial charge < -0.3 is 9.47 Å². The maximum Gasteiger partial charge on any atom is 0.411 e. The molecule has 1 heterocycles. The first-order valence-corrected chi connectivity index (χ1v) is 9.16. The molecule has 0 spiro atoms. The van der Waals surface area contributed by atoms with E-state index < -0.39 is 40.9 Å². The van der Waals surface area contributed by atoms with Crippen LogP contribution in [0.5, 0.6) is 0 Å². The minimum atomic E-state index is -1.10. The molecule has 1 aliphatic rings. The molecule has 1 aliphatic heterocycles. The van der Waals surface area contributed by atoms with Crippen molar-refractivity contribution in [1.82, 2.24) is 4.90 Å². The Labute approximate surface area is 164 Å². The zero-order valence-corrected chi connectivity index (χ0v) is 17.1. The molecule has 2 rings (SSSR count). The lowest BCUT2D eigenvalue weighted by Gasteiger charge is -2.35. The molecule has 154 valence electrons. The van der Waals surface area contributed by atoms with E-state index in [-0.39, 0.29) is 18.5 Å². The van der Waals surface area contributed by atoms with Crippen molar-refractivity contribution in [3.05, 3.63) is 41.5 Å². The zero-order chi connectivity index (χ0) is 21.3. The first kappa shape index (κ1) is 21.9. The molecule has 0 aromatic heterocycles. The van der Waals surface area contributed by atoms with Gasteiger partial charge in [-0.1, -0.05) is 12.1 Å². The van der Waals surface area contributed by atoms with E-state index in [1.807, 2.05) is 0 Å². The number of amides is 1. The van der Waals surface area contributed by atoms with E-state index in [4.69, 9.17) is 9.47 Å². The number of halogens is 2. The van der Waals surface area contributed by atoms with Crippen LogP contribution in [0.2, 0.25) is 0 Å². The summed E-state index contributed by atoms with van der Waals surface area (Å²) in [5.74, 6) is -2.61. The fraction of sp³-hybridized carbons (Fsp3) is 0.524. The van der Waals surface area contributed by atoms with Gasteiger partial charge in [0.2, 0.25) is 0 Å². The molecular weight excluding hydrogens is 368 g/mol. The summed E-state index contributed by atoms with van der Waals surface area (Å²) in [5.41, 5.74) is -1.01. The third kappa shape index (κ3) is 5.53. The Balaban J connectivity index is 2.42. The summed E-state index contributed by atoms with van der Waals surface area (Å²) in [4.78, 5) is 26.6. The fourth-order valence-electron chi connectivity index (χ4n) is 2.80. The predicted octanol–water partition coefficient (Wildman–Crippen LogP) is 4.70. The van der Waals surface area contributed by atoms with Crippen LogP contribution in [0, 0.1) is 11.6 Å². The second-order valence-electron chi connectivity index (χ2n) is 8.70. The van der Waals surface area contributed by atoms with Crippen LogP contribution >= 0.6 is 0 Å². The van der Waals surface area contributed by atoms with E-state index >= 15 is 0 Å². The monoisotopic (exact) mass is 395 g/mol. The Hall–Kier alpha value is -2.44. The van der Waals surface area contributed by atoms with E-state index in [0.29, 0.717) is 5.57 Å². The van der Waals surface area contributed by atoms with Crippen LogP contribution in [0.3, 0.4) is 0 Å². The molecule has 0 N–H and O–H groups in total. The van der Waals surface area contributed by atoms with Gasteiger partial charge in [0, 0.05) is 12.1 Å². The normalized spacial score (nSPS) is 17.8. The van der Waals surface area contributed by atoms with Crippen molar-refractivity contribution in [2.24, 2.45) is 0 Å². The maximum atomic E-state index is 14.2. The number of benzene rings is 1. The van der Waals surface area contributed by atoms with Gasteiger partial charge in [0.25, 0.3) is 0 Å². The van der Waals surface area contributed by atoms with Gasteiger partial charge >= 0.3 is 12.1 Å². The zero-order valence-electron chi connectivity index (χ0n) is 17.1. The van der Waals surface area contributed by atoms with Crippen LogP contribution in [0.15, 0.2) is 24.3 Å². The minimum absolute atomic E-state index is 0.0670. The van der Waals surface area contributed by atoms with Gasteiger partial charge in [0.1, 0.15) is 11.2 Å². The van der Waals surface area contributed by atoms with Gasteiger partial charge in [-0.3, -0.25) is 4.90 Å². The molecule has 28 heavy (non-hydrogen) atoms. The van der Waals surface area contributed by atoms with E-state index in [1.54, 1.807) is 41.5 Å². The van der Waals surface area contributed by atoms with Gasteiger partial charge in [-0.15, -0.1) is 0 Å². The highest BCUT2D eigenvalue weighted by molar-refractivity contribution is 5.87. The predicted molar refractivity (Wildman–Crippen MR) is 102 cm³/mol. The van der Waals surface area contributed by atoms with E-state index in [1.165, 1.54) is 23.1 Å². The summed E-state index contributed by atoms with van der Waals surface area (Å²) in [5, 5.41) is 0. The third-order valence-corrected chi connectivity index (χ3v) is 3.89. The molecular formula is C21H27F2NO4. The van der Waals surface area contributed by atoms with Crippen molar-refractivity contribution < 1.29 is 27.8 Å². The number of hydrogen-bond acceptors (Lipinski definition) is 4. The van der Waals surface area contributed by atoms with Crippen molar-refractivity contribution >= 4 is 17.6 Å². The lowest BCUT2D eigenvalue weighted by Crippen LogP contribution is -2.50. The van der Waals surface area contributed by atoms with Crippen molar-refractivity contribution in [1.29, 1.82) is 0 Å². The highest BCUT2D eigenvalue weighted by Gasteiger charge is 2.37. The second kappa shape index (κ2) is 7.89. The number of carbonyl (C=O) groups excluding carboxylic acids is 2. The van der Waals surface area contributed by atoms with E-state index in [0.717, 1.165) is 6.07 Å². The van der Waals surface area contributed by atoms with Crippen LogP contribution < -0.4 is 0 Å². The first-order chi connectivity index (χ1) is 12.8. The maximum absolute atomic E-state index is 14.2. The second-order valence-corrected chi connectivity index (χ2v) is 8.70. The Bertz CT molecular complexity index is 791. The quantitative estimate of drug-likeness (QED) is 0.681. The number of ether oxygens (including phenoxy) is 2.